The Bertz CT molecular complexity index is 256. The molecular formula is C14H30N4O. The van der Waals surface area contributed by atoms with Crippen molar-refractivity contribution in [1.82, 2.24) is 14.7 Å². The molecule has 2 rings (SSSR count). The second kappa shape index (κ2) is 7.55. The molecule has 1 atom stereocenters. The third kappa shape index (κ3) is 4.13. The number of piperazine rings is 1. The lowest BCUT2D eigenvalue weighted by Gasteiger charge is -2.47. The molecule has 5 heteroatoms. The molecule has 2 aliphatic rings. The van der Waals surface area contributed by atoms with Crippen molar-refractivity contribution in [1.29, 1.82) is 0 Å². The predicted octanol–water partition coefficient (Wildman–Crippen LogP) is -0.328. The molecule has 5 nitrogen and oxygen atoms in total. The Kier molecular flexibility index (Phi) is 6.04. The minimum Gasteiger partial charge on any atom is -0.383 e. The molecule has 2 aliphatic heterocycles. The van der Waals surface area contributed by atoms with E-state index in [2.05, 4.69) is 21.7 Å². The maximum Gasteiger partial charge on any atom is 0.0630 e. The zero-order valence-corrected chi connectivity index (χ0v) is 12.6. The quantitative estimate of drug-likeness (QED) is 0.741. The lowest BCUT2D eigenvalue weighted by molar-refractivity contribution is -0.0135. The van der Waals surface area contributed by atoms with Crippen molar-refractivity contribution in [3.63, 3.8) is 0 Å². The van der Waals surface area contributed by atoms with Gasteiger partial charge in [0.15, 0.2) is 0 Å². The summed E-state index contributed by atoms with van der Waals surface area (Å²) < 4.78 is 5.44. The van der Waals surface area contributed by atoms with E-state index in [1.807, 2.05) is 7.11 Å². The predicted molar refractivity (Wildman–Crippen MR) is 78.4 cm³/mol. The fourth-order valence-corrected chi connectivity index (χ4v) is 3.47. The third-order valence-corrected chi connectivity index (χ3v) is 4.57. The van der Waals surface area contributed by atoms with E-state index in [0.29, 0.717) is 6.04 Å². The van der Waals surface area contributed by atoms with Crippen LogP contribution in [0.5, 0.6) is 0 Å². The summed E-state index contributed by atoms with van der Waals surface area (Å²) in [6, 6.07) is 1.29. The highest BCUT2D eigenvalue weighted by molar-refractivity contribution is 4.89. The van der Waals surface area contributed by atoms with Gasteiger partial charge in [0, 0.05) is 51.9 Å². The fraction of sp³-hybridized carbons (Fsp3) is 1.00. The number of nitrogens with zero attached hydrogens (tertiary/aromatic N) is 3. The molecule has 0 aromatic heterocycles. The third-order valence-electron chi connectivity index (χ3n) is 4.57. The van der Waals surface area contributed by atoms with Crippen LogP contribution < -0.4 is 5.73 Å². The number of hydrogen-bond acceptors (Lipinski definition) is 5. The Morgan fingerprint density at radius 3 is 2.53 bits per heavy atom. The molecule has 2 heterocycles. The second-order valence-corrected chi connectivity index (χ2v) is 5.97. The molecule has 0 aromatic rings. The summed E-state index contributed by atoms with van der Waals surface area (Å²) in [5.74, 6) is 0. The highest BCUT2D eigenvalue weighted by Crippen LogP contribution is 2.21. The minimum absolute atomic E-state index is 0.540. The number of likely N-dealkylation sites (tertiary alicyclic amines) is 1. The Hall–Kier alpha value is -0.200. The van der Waals surface area contributed by atoms with Crippen molar-refractivity contribution in [3.8, 4) is 0 Å². The van der Waals surface area contributed by atoms with Crippen LogP contribution in [0.1, 0.15) is 12.8 Å². The first-order chi connectivity index (χ1) is 9.24. The molecule has 0 saturated carbocycles. The van der Waals surface area contributed by atoms with Gasteiger partial charge in [0.2, 0.25) is 0 Å². The highest BCUT2D eigenvalue weighted by atomic mass is 16.5. The molecule has 112 valence electrons. The van der Waals surface area contributed by atoms with Gasteiger partial charge in [-0.05, 0) is 33.0 Å². The van der Waals surface area contributed by atoms with Crippen LogP contribution >= 0.6 is 0 Å². The lowest BCUT2D eigenvalue weighted by Crippen LogP contribution is -2.60. The zero-order chi connectivity index (χ0) is 13.7. The molecule has 0 aromatic carbocycles. The van der Waals surface area contributed by atoms with Crippen LogP contribution in [-0.4, -0.2) is 93.4 Å². The molecule has 0 spiro atoms. The summed E-state index contributed by atoms with van der Waals surface area (Å²) in [5, 5.41) is 0. The fourth-order valence-electron chi connectivity index (χ4n) is 3.47. The van der Waals surface area contributed by atoms with E-state index in [4.69, 9.17) is 10.5 Å². The smallest absolute Gasteiger partial charge is 0.0630 e. The van der Waals surface area contributed by atoms with Gasteiger partial charge in [-0.15, -0.1) is 0 Å². The van der Waals surface area contributed by atoms with Crippen molar-refractivity contribution in [2.75, 3.05) is 66.6 Å². The molecule has 2 saturated heterocycles. The minimum atomic E-state index is 0.540. The first-order valence-electron chi connectivity index (χ1n) is 7.60. The number of rotatable bonds is 5. The molecule has 2 N–H and O–H groups in total. The van der Waals surface area contributed by atoms with Gasteiger partial charge in [-0.25, -0.2) is 0 Å². The standard InChI is InChI=1S/C14H30N4O/c1-16-6-3-13(4-7-16)18-10-9-17(8-5-15)11-14(18)12-19-2/h13-14H,3-12,15H2,1-2H3. The lowest BCUT2D eigenvalue weighted by atomic mass is 10.00. The van der Waals surface area contributed by atoms with E-state index in [1.165, 1.54) is 32.5 Å². The van der Waals surface area contributed by atoms with Crippen molar-refractivity contribution >= 4 is 0 Å². The van der Waals surface area contributed by atoms with Gasteiger partial charge in [0.1, 0.15) is 0 Å². The number of methoxy groups -OCH3 is 1. The molecule has 0 radical (unpaired) electrons. The van der Waals surface area contributed by atoms with Crippen molar-refractivity contribution in [2.45, 2.75) is 24.9 Å². The molecule has 0 bridgehead atoms. The maximum atomic E-state index is 5.68. The number of nitrogens with two attached hydrogens (primary N) is 1. The van der Waals surface area contributed by atoms with Crippen LogP contribution in [-0.2, 0) is 4.74 Å². The Labute approximate surface area is 117 Å². The van der Waals surface area contributed by atoms with Gasteiger partial charge in [0.05, 0.1) is 6.61 Å². The molecule has 19 heavy (non-hydrogen) atoms. The molecule has 0 amide bonds. The summed E-state index contributed by atoms with van der Waals surface area (Å²) >= 11 is 0. The summed E-state index contributed by atoms with van der Waals surface area (Å²) in [6.45, 7) is 8.51. The molecule has 2 fully saturated rings. The zero-order valence-electron chi connectivity index (χ0n) is 12.6. The van der Waals surface area contributed by atoms with Crippen LogP contribution in [0.4, 0.5) is 0 Å². The van der Waals surface area contributed by atoms with Gasteiger partial charge in [-0.1, -0.05) is 0 Å². The largest absolute Gasteiger partial charge is 0.383 e. The van der Waals surface area contributed by atoms with Crippen molar-refractivity contribution in [2.24, 2.45) is 5.73 Å². The van der Waals surface area contributed by atoms with Gasteiger partial charge in [0.25, 0.3) is 0 Å². The van der Waals surface area contributed by atoms with Crippen LogP contribution in [0.15, 0.2) is 0 Å². The second-order valence-electron chi connectivity index (χ2n) is 5.97. The Morgan fingerprint density at radius 2 is 1.89 bits per heavy atom. The summed E-state index contributed by atoms with van der Waals surface area (Å²) in [7, 11) is 4.04. The van der Waals surface area contributed by atoms with Crippen molar-refractivity contribution in [3.05, 3.63) is 0 Å². The Morgan fingerprint density at radius 1 is 1.16 bits per heavy atom. The monoisotopic (exact) mass is 270 g/mol. The van der Waals surface area contributed by atoms with E-state index in [1.54, 1.807) is 0 Å². The van der Waals surface area contributed by atoms with E-state index in [-0.39, 0.29) is 0 Å². The SMILES string of the molecule is COCC1CN(CCN)CCN1C1CCN(C)CC1. The van der Waals surface area contributed by atoms with Crippen LogP contribution in [0.3, 0.4) is 0 Å². The van der Waals surface area contributed by atoms with E-state index < -0.39 is 0 Å². The first kappa shape index (κ1) is 15.2. The summed E-state index contributed by atoms with van der Waals surface area (Å²) in [6.07, 6.45) is 2.60. The van der Waals surface area contributed by atoms with Crippen LogP contribution in [0.2, 0.25) is 0 Å². The summed E-state index contributed by atoms with van der Waals surface area (Å²) in [4.78, 5) is 7.62. The number of piperidine rings is 1. The molecule has 1 unspecified atom stereocenters. The highest BCUT2D eigenvalue weighted by Gasteiger charge is 2.32. The summed E-state index contributed by atoms with van der Waals surface area (Å²) in [5.41, 5.74) is 5.68. The average Bonchev–Trinajstić information content (AvgIpc) is 2.41. The maximum absolute atomic E-state index is 5.68. The van der Waals surface area contributed by atoms with E-state index in [0.717, 1.165) is 38.8 Å². The van der Waals surface area contributed by atoms with Gasteiger partial charge in [-0.3, -0.25) is 9.80 Å². The Balaban J connectivity index is 1.90. The normalized spacial score (nSPS) is 28.9. The average molecular weight is 270 g/mol. The topological polar surface area (TPSA) is 45.0 Å². The van der Waals surface area contributed by atoms with Gasteiger partial charge in [-0.2, -0.15) is 0 Å². The van der Waals surface area contributed by atoms with Gasteiger partial charge >= 0.3 is 0 Å². The van der Waals surface area contributed by atoms with Crippen LogP contribution in [0.25, 0.3) is 0 Å². The number of hydrogen-bond donors (Lipinski definition) is 1. The number of ether oxygens (including phenoxy) is 1. The molecule has 0 aliphatic carbocycles. The molecular weight excluding hydrogens is 240 g/mol. The van der Waals surface area contributed by atoms with Crippen molar-refractivity contribution < 1.29 is 4.74 Å². The van der Waals surface area contributed by atoms with Gasteiger partial charge < -0.3 is 15.4 Å². The van der Waals surface area contributed by atoms with E-state index in [9.17, 15) is 0 Å². The van der Waals surface area contributed by atoms with E-state index >= 15 is 0 Å². The van der Waals surface area contributed by atoms with Crippen LogP contribution in [0, 0.1) is 0 Å². The first-order valence-corrected chi connectivity index (χ1v) is 7.60.